The van der Waals surface area contributed by atoms with Crippen molar-refractivity contribution in [2.24, 2.45) is 0 Å². The van der Waals surface area contributed by atoms with Crippen molar-refractivity contribution < 1.29 is 13.2 Å². The fourth-order valence-electron chi connectivity index (χ4n) is 1.66. The highest BCUT2D eigenvalue weighted by molar-refractivity contribution is 5.01. The lowest BCUT2D eigenvalue weighted by atomic mass is 10.5. The fraction of sp³-hybridized carbons (Fsp3) is 0.778. The van der Waals surface area contributed by atoms with E-state index in [0.717, 1.165) is 18.7 Å². The molecule has 0 aromatic carbocycles. The maximum Gasteiger partial charge on any atom is 0.401 e. The van der Waals surface area contributed by atoms with Crippen LogP contribution in [0.3, 0.4) is 0 Å². The molecule has 0 saturated heterocycles. The molecular weight excluding hydrogens is 221 g/mol. The number of hydrogen-bond acceptors (Lipinski definition) is 3. The molecule has 90 valence electrons. The van der Waals surface area contributed by atoms with Crippen LogP contribution in [0.5, 0.6) is 0 Å². The van der Waals surface area contributed by atoms with Crippen molar-refractivity contribution in [3.05, 3.63) is 11.6 Å². The van der Waals surface area contributed by atoms with Gasteiger partial charge in [-0.15, -0.1) is 10.2 Å². The van der Waals surface area contributed by atoms with Crippen LogP contribution >= 0.6 is 0 Å². The lowest BCUT2D eigenvalue weighted by Gasteiger charge is -2.09. The fourth-order valence-corrected chi connectivity index (χ4v) is 1.66. The second-order valence-electron chi connectivity index (χ2n) is 3.98. The predicted octanol–water partition coefficient (Wildman–Crippen LogP) is 1.57. The van der Waals surface area contributed by atoms with E-state index in [0.29, 0.717) is 11.9 Å². The lowest BCUT2D eigenvalue weighted by molar-refractivity contribution is -0.125. The number of nitrogens with one attached hydrogen (secondary N) is 1. The Morgan fingerprint density at radius 2 is 2.06 bits per heavy atom. The first-order chi connectivity index (χ1) is 7.47. The number of hydrogen-bond donors (Lipinski definition) is 1. The van der Waals surface area contributed by atoms with Crippen LogP contribution in [-0.2, 0) is 6.54 Å². The molecule has 0 bridgehead atoms. The molecule has 1 aromatic rings. The zero-order valence-corrected chi connectivity index (χ0v) is 8.88. The topological polar surface area (TPSA) is 42.7 Å². The van der Waals surface area contributed by atoms with Crippen LogP contribution in [0.2, 0.25) is 0 Å². The van der Waals surface area contributed by atoms with Gasteiger partial charge in [0.2, 0.25) is 0 Å². The van der Waals surface area contributed by atoms with Gasteiger partial charge in [0.05, 0.1) is 13.1 Å². The molecule has 0 amide bonds. The van der Waals surface area contributed by atoms with Crippen LogP contribution in [0.4, 0.5) is 13.2 Å². The van der Waals surface area contributed by atoms with Gasteiger partial charge in [-0.1, -0.05) is 0 Å². The van der Waals surface area contributed by atoms with E-state index in [9.17, 15) is 13.2 Å². The van der Waals surface area contributed by atoms with Gasteiger partial charge in [0.1, 0.15) is 11.6 Å². The van der Waals surface area contributed by atoms with E-state index < -0.39 is 12.7 Å². The van der Waals surface area contributed by atoms with E-state index in [1.807, 2.05) is 11.5 Å². The minimum absolute atomic E-state index is 0.108. The summed E-state index contributed by atoms with van der Waals surface area (Å²) in [4.78, 5) is 0. The largest absolute Gasteiger partial charge is 0.401 e. The molecule has 1 aliphatic carbocycles. The summed E-state index contributed by atoms with van der Waals surface area (Å²) in [6.45, 7) is 0.930. The standard InChI is InChI=1S/C9H13F3N4/c1-6-14-15-8(16(6)7-2-3-7)4-13-5-9(10,11)12/h7,13H,2-5H2,1H3. The first-order valence-electron chi connectivity index (χ1n) is 5.15. The van der Waals surface area contributed by atoms with Crippen molar-refractivity contribution in [1.29, 1.82) is 0 Å². The predicted molar refractivity (Wildman–Crippen MR) is 50.8 cm³/mol. The van der Waals surface area contributed by atoms with E-state index >= 15 is 0 Å². The first kappa shape index (κ1) is 11.4. The second-order valence-corrected chi connectivity index (χ2v) is 3.98. The van der Waals surface area contributed by atoms with Gasteiger partial charge in [-0.05, 0) is 19.8 Å². The van der Waals surface area contributed by atoms with Gasteiger partial charge in [-0.25, -0.2) is 0 Å². The summed E-state index contributed by atoms with van der Waals surface area (Å²) in [5.74, 6) is 1.36. The van der Waals surface area contributed by atoms with Crippen LogP contribution in [0.1, 0.15) is 30.5 Å². The third-order valence-electron chi connectivity index (χ3n) is 2.46. The Balaban J connectivity index is 1.94. The Labute approximate surface area is 90.9 Å². The van der Waals surface area contributed by atoms with Crippen molar-refractivity contribution in [3.63, 3.8) is 0 Å². The molecule has 7 heteroatoms. The van der Waals surface area contributed by atoms with E-state index in [4.69, 9.17) is 0 Å². The van der Waals surface area contributed by atoms with E-state index in [1.54, 1.807) is 0 Å². The SMILES string of the molecule is Cc1nnc(CNCC(F)(F)F)n1C1CC1. The van der Waals surface area contributed by atoms with E-state index in [-0.39, 0.29) is 6.54 Å². The highest BCUT2D eigenvalue weighted by Gasteiger charge is 2.29. The van der Waals surface area contributed by atoms with Crippen molar-refractivity contribution in [2.45, 2.75) is 38.5 Å². The third-order valence-corrected chi connectivity index (χ3v) is 2.46. The van der Waals surface area contributed by atoms with Gasteiger partial charge in [0.25, 0.3) is 0 Å². The number of nitrogens with zero attached hydrogens (tertiary/aromatic N) is 3. The number of alkyl halides is 3. The quantitative estimate of drug-likeness (QED) is 0.860. The molecular formula is C9H13F3N4. The smallest absolute Gasteiger partial charge is 0.311 e. The van der Waals surface area contributed by atoms with Crippen LogP contribution in [0.15, 0.2) is 0 Å². The van der Waals surface area contributed by atoms with Crippen molar-refractivity contribution in [3.8, 4) is 0 Å². The lowest BCUT2D eigenvalue weighted by Crippen LogP contribution is -2.29. The third kappa shape index (κ3) is 2.72. The zero-order chi connectivity index (χ0) is 11.8. The molecule has 1 saturated carbocycles. The Hall–Kier alpha value is -1.11. The average molecular weight is 234 g/mol. The maximum absolute atomic E-state index is 11.9. The van der Waals surface area contributed by atoms with Gasteiger partial charge in [0, 0.05) is 6.04 Å². The van der Waals surface area contributed by atoms with Crippen LogP contribution in [0, 0.1) is 6.92 Å². The average Bonchev–Trinajstić information content (AvgIpc) is 2.91. The van der Waals surface area contributed by atoms with Crippen molar-refractivity contribution in [2.75, 3.05) is 6.54 Å². The Morgan fingerprint density at radius 3 is 2.62 bits per heavy atom. The molecule has 1 heterocycles. The number of rotatable bonds is 4. The van der Waals surface area contributed by atoms with E-state index in [2.05, 4.69) is 15.5 Å². The van der Waals surface area contributed by atoms with Crippen LogP contribution < -0.4 is 5.32 Å². The number of halogens is 3. The molecule has 0 spiro atoms. The number of aryl methyl sites for hydroxylation is 1. The molecule has 0 unspecified atom stereocenters. The Bertz CT molecular complexity index is 367. The molecule has 16 heavy (non-hydrogen) atoms. The molecule has 1 N–H and O–H groups in total. The van der Waals surface area contributed by atoms with Crippen LogP contribution in [0.25, 0.3) is 0 Å². The monoisotopic (exact) mass is 234 g/mol. The van der Waals surface area contributed by atoms with Gasteiger partial charge in [0.15, 0.2) is 0 Å². The summed E-state index contributed by atoms with van der Waals surface area (Å²) in [5, 5.41) is 10.1. The molecule has 4 nitrogen and oxygen atoms in total. The molecule has 0 radical (unpaired) electrons. The second kappa shape index (κ2) is 4.04. The van der Waals surface area contributed by atoms with Gasteiger partial charge >= 0.3 is 6.18 Å². The van der Waals surface area contributed by atoms with Gasteiger partial charge in [-0.3, -0.25) is 0 Å². The Kier molecular flexibility index (Phi) is 2.88. The van der Waals surface area contributed by atoms with Crippen molar-refractivity contribution >= 4 is 0 Å². The minimum atomic E-state index is -4.18. The van der Waals surface area contributed by atoms with Crippen molar-refractivity contribution in [1.82, 2.24) is 20.1 Å². The molecule has 1 aromatic heterocycles. The van der Waals surface area contributed by atoms with Gasteiger partial charge in [-0.2, -0.15) is 13.2 Å². The van der Waals surface area contributed by atoms with E-state index in [1.165, 1.54) is 0 Å². The summed E-state index contributed by atoms with van der Waals surface area (Å²) in [5.41, 5.74) is 0. The summed E-state index contributed by atoms with van der Waals surface area (Å²) < 4.78 is 37.7. The van der Waals surface area contributed by atoms with Crippen LogP contribution in [-0.4, -0.2) is 27.5 Å². The molecule has 1 fully saturated rings. The van der Waals surface area contributed by atoms with Gasteiger partial charge < -0.3 is 9.88 Å². The highest BCUT2D eigenvalue weighted by atomic mass is 19.4. The normalized spacial score (nSPS) is 16.8. The summed E-state index contributed by atoms with van der Waals surface area (Å²) in [7, 11) is 0. The molecule has 0 atom stereocenters. The zero-order valence-electron chi connectivity index (χ0n) is 8.88. The Morgan fingerprint density at radius 1 is 1.38 bits per heavy atom. The summed E-state index contributed by atoms with van der Waals surface area (Å²) in [6.07, 6.45) is -2.06. The molecule has 0 aliphatic heterocycles. The highest BCUT2D eigenvalue weighted by Crippen LogP contribution is 2.36. The maximum atomic E-state index is 11.9. The molecule has 1 aliphatic rings. The summed E-state index contributed by atoms with van der Waals surface area (Å²) >= 11 is 0. The molecule has 2 rings (SSSR count). The minimum Gasteiger partial charge on any atom is -0.311 e. The summed E-state index contributed by atoms with van der Waals surface area (Å²) in [6, 6.07) is 0.387. The first-order valence-corrected chi connectivity index (χ1v) is 5.15. The number of aromatic nitrogens is 3.